The average Bonchev–Trinajstić information content (AvgIpc) is 2.21. The molecular formula is C11H17NO. The van der Waals surface area contributed by atoms with Crippen molar-refractivity contribution in [2.75, 3.05) is 13.1 Å². The zero-order valence-electron chi connectivity index (χ0n) is 8.42. The van der Waals surface area contributed by atoms with Crippen LogP contribution in [0.15, 0.2) is 23.4 Å². The van der Waals surface area contributed by atoms with Gasteiger partial charge in [0.15, 0.2) is 0 Å². The van der Waals surface area contributed by atoms with Gasteiger partial charge in [-0.3, -0.25) is 4.79 Å². The van der Waals surface area contributed by atoms with Crippen LogP contribution in [0.1, 0.15) is 26.7 Å². The van der Waals surface area contributed by atoms with Crippen LogP contribution in [-0.2, 0) is 4.79 Å². The van der Waals surface area contributed by atoms with Gasteiger partial charge in [0, 0.05) is 18.8 Å². The highest BCUT2D eigenvalue weighted by atomic mass is 16.1. The number of carbonyl (C=O) groups excluding carboxylic acids is 1. The molecule has 0 amide bonds. The molecule has 0 spiro atoms. The van der Waals surface area contributed by atoms with Gasteiger partial charge in [0.05, 0.1) is 0 Å². The Balaban J connectivity index is 2.67. The second-order valence-electron chi connectivity index (χ2n) is 3.19. The molecule has 0 fully saturated rings. The van der Waals surface area contributed by atoms with Crippen LogP contribution in [0, 0.1) is 0 Å². The van der Waals surface area contributed by atoms with E-state index in [2.05, 4.69) is 24.8 Å². The first-order valence-electron chi connectivity index (χ1n) is 4.91. The van der Waals surface area contributed by atoms with Gasteiger partial charge in [0.25, 0.3) is 0 Å². The molecule has 72 valence electrons. The highest BCUT2D eigenvalue weighted by Crippen LogP contribution is 2.19. The highest BCUT2D eigenvalue weighted by Gasteiger charge is 2.09. The number of allylic oxidation sites excluding steroid dienone is 4. The van der Waals surface area contributed by atoms with Crippen molar-refractivity contribution in [3.8, 4) is 0 Å². The van der Waals surface area contributed by atoms with E-state index in [1.54, 1.807) is 0 Å². The van der Waals surface area contributed by atoms with Crippen molar-refractivity contribution in [1.82, 2.24) is 4.90 Å². The van der Waals surface area contributed by atoms with E-state index in [-0.39, 0.29) is 0 Å². The number of hydrogen-bond donors (Lipinski definition) is 0. The first kappa shape index (κ1) is 10.0. The molecule has 0 unspecified atom stereocenters. The van der Waals surface area contributed by atoms with Crippen LogP contribution in [-0.4, -0.2) is 24.3 Å². The van der Waals surface area contributed by atoms with E-state index in [1.165, 1.54) is 5.70 Å². The molecule has 0 aromatic carbocycles. The van der Waals surface area contributed by atoms with Crippen molar-refractivity contribution in [2.45, 2.75) is 26.7 Å². The lowest BCUT2D eigenvalue weighted by atomic mass is 10.0. The van der Waals surface area contributed by atoms with Gasteiger partial charge in [-0.1, -0.05) is 6.08 Å². The van der Waals surface area contributed by atoms with Crippen LogP contribution >= 0.6 is 0 Å². The summed E-state index contributed by atoms with van der Waals surface area (Å²) in [5.74, 6) is 0. The van der Waals surface area contributed by atoms with E-state index in [0.29, 0.717) is 0 Å². The van der Waals surface area contributed by atoms with Gasteiger partial charge in [-0.25, -0.2) is 0 Å². The standard InChI is InChI=1S/C11H17NO/c1-3-12(4-2)11-7-5-10(9-13)6-8-11/h5,7,9H,3-4,6,8H2,1-2H3. The molecule has 0 bridgehead atoms. The summed E-state index contributed by atoms with van der Waals surface area (Å²) >= 11 is 0. The van der Waals surface area contributed by atoms with Crippen LogP contribution in [0.25, 0.3) is 0 Å². The van der Waals surface area contributed by atoms with Crippen molar-refractivity contribution >= 4 is 6.29 Å². The molecule has 1 aliphatic carbocycles. The molecule has 0 N–H and O–H groups in total. The molecule has 1 rings (SSSR count). The van der Waals surface area contributed by atoms with Gasteiger partial charge < -0.3 is 4.90 Å². The lowest BCUT2D eigenvalue weighted by Gasteiger charge is -2.26. The number of aldehydes is 1. The van der Waals surface area contributed by atoms with Crippen molar-refractivity contribution < 1.29 is 4.79 Å². The SMILES string of the molecule is CCN(CC)C1=CC=C(C=O)CC1. The number of rotatable bonds is 4. The summed E-state index contributed by atoms with van der Waals surface area (Å²) in [7, 11) is 0. The van der Waals surface area contributed by atoms with Crippen LogP contribution in [0.2, 0.25) is 0 Å². The van der Waals surface area contributed by atoms with E-state index in [0.717, 1.165) is 37.8 Å². The largest absolute Gasteiger partial charge is 0.375 e. The predicted octanol–water partition coefficient (Wildman–Crippen LogP) is 2.13. The molecule has 0 radical (unpaired) electrons. The topological polar surface area (TPSA) is 20.3 Å². The first-order valence-corrected chi connectivity index (χ1v) is 4.91. The average molecular weight is 179 g/mol. The fraction of sp³-hybridized carbons (Fsp3) is 0.545. The van der Waals surface area contributed by atoms with Crippen LogP contribution < -0.4 is 0 Å². The molecule has 0 saturated carbocycles. The maximum atomic E-state index is 10.5. The second-order valence-corrected chi connectivity index (χ2v) is 3.19. The van der Waals surface area contributed by atoms with E-state index < -0.39 is 0 Å². The van der Waals surface area contributed by atoms with Gasteiger partial charge in [-0.2, -0.15) is 0 Å². The Hall–Kier alpha value is -1.05. The normalized spacial score (nSPS) is 16.2. The van der Waals surface area contributed by atoms with Crippen LogP contribution in [0.5, 0.6) is 0 Å². The minimum Gasteiger partial charge on any atom is -0.375 e. The summed E-state index contributed by atoms with van der Waals surface area (Å²) < 4.78 is 0. The molecule has 0 atom stereocenters. The Morgan fingerprint density at radius 2 is 2.00 bits per heavy atom. The molecule has 1 aliphatic rings. The van der Waals surface area contributed by atoms with Crippen LogP contribution in [0.3, 0.4) is 0 Å². The summed E-state index contributed by atoms with van der Waals surface area (Å²) in [6.07, 6.45) is 6.86. The van der Waals surface area contributed by atoms with E-state index in [9.17, 15) is 4.79 Å². The third kappa shape index (κ3) is 2.44. The summed E-state index contributed by atoms with van der Waals surface area (Å²) in [6, 6.07) is 0. The molecule has 13 heavy (non-hydrogen) atoms. The van der Waals surface area contributed by atoms with Crippen molar-refractivity contribution in [2.24, 2.45) is 0 Å². The maximum Gasteiger partial charge on any atom is 0.146 e. The Bertz CT molecular complexity index is 236. The summed E-state index contributed by atoms with van der Waals surface area (Å²) in [5, 5.41) is 0. The van der Waals surface area contributed by atoms with Gasteiger partial charge >= 0.3 is 0 Å². The van der Waals surface area contributed by atoms with E-state index in [4.69, 9.17) is 0 Å². The van der Waals surface area contributed by atoms with Crippen LogP contribution in [0.4, 0.5) is 0 Å². The van der Waals surface area contributed by atoms with Gasteiger partial charge in [-0.15, -0.1) is 0 Å². The number of carbonyl (C=O) groups is 1. The molecule has 0 saturated heterocycles. The molecule has 2 heteroatoms. The number of hydrogen-bond acceptors (Lipinski definition) is 2. The van der Waals surface area contributed by atoms with Gasteiger partial charge in [0.2, 0.25) is 0 Å². The van der Waals surface area contributed by atoms with Gasteiger partial charge in [-0.05, 0) is 38.3 Å². The molecule has 0 aromatic heterocycles. The minimum atomic E-state index is 0.895. The number of nitrogens with zero attached hydrogens (tertiary/aromatic N) is 1. The quantitative estimate of drug-likeness (QED) is 0.616. The fourth-order valence-corrected chi connectivity index (χ4v) is 1.63. The predicted molar refractivity (Wildman–Crippen MR) is 54.4 cm³/mol. The summed E-state index contributed by atoms with van der Waals surface area (Å²) in [6.45, 7) is 6.41. The lowest BCUT2D eigenvalue weighted by Crippen LogP contribution is -2.23. The Labute approximate surface area is 79.9 Å². The molecule has 2 nitrogen and oxygen atoms in total. The third-order valence-corrected chi connectivity index (χ3v) is 2.48. The zero-order valence-corrected chi connectivity index (χ0v) is 8.42. The van der Waals surface area contributed by atoms with Gasteiger partial charge in [0.1, 0.15) is 6.29 Å². The van der Waals surface area contributed by atoms with E-state index in [1.807, 2.05) is 6.08 Å². The Morgan fingerprint density at radius 1 is 1.31 bits per heavy atom. The molecule has 0 heterocycles. The zero-order chi connectivity index (χ0) is 9.68. The summed E-state index contributed by atoms with van der Waals surface area (Å²) in [5.41, 5.74) is 2.27. The molecule has 0 aliphatic heterocycles. The lowest BCUT2D eigenvalue weighted by molar-refractivity contribution is -0.105. The van der Waals surface area contributed by atoms with Crippen molar-refractivity contribution in [3.63, 3.8) is 0 Å². The molecular weight excluding hydrogens is 162 g/mol. The third-order valence-electron chi connectivity index (χ3n) is 2.48. The Kier molecular flexibility index (Phi) is 3.74. The van der Waals surface area contributed by atoms with E-state index >= 15 is 0 Å². The highest BCUT2D eigenvalue weighted by molar-refractivity contribution is 5.74. The first-order chi connectivity index (χ1) is 6.31. The van der Waals surface area contributed by atoms with Crippen molar-refractivity contribution in [1.29, 1.82) is 0 Å². The molecule has 0 aromatic rings. The summed E-state index contributed by atoms with van der Waals surface area (Å²) in [4.78, 5) is 12.8. The Morgan fingerprint density at radius 3 is 2.38 bits per heavy atom. The smallest absolute Gasteiger partial charge is 0.146 e. The minimum absolute atomic E-state index is 0.895. The monoisotopic (exact) mass is 179 g/mol. The fourth-order valence-electron chi connectivity index (χ4n) is 1.63. The van der Waals surface area contributed by atoms with Crippen molar-refractivity contribution in [3.05, 3.63) is 23.4 Å². The second kappa shape index (κ2) is 4.85. The maximum absolute atomic E-state index is 10.5.